The van der Waals surface area contributed by atoms with Crippen LogP contribution in [0.5, 0.6) is 0 Å². The lowest BCUT2D eigenvalue weighted by Gasteiger charge is -2.35. The third kappa shape index (κ3) is 3.67. The molecule has 0 bridgehead atoms. The Kier molecular flexibility index (Phi) is 4.57. The van der Waals surface area contributed by atoms with Gasteiger partial charge in [-0.15, -0.1) is 0 Å². The molecule has 1 fully saturated rings. The fourth-order valence-corrected chi connectivity index (χ4v) is 2.78. The van der Waals surface area contributed by atoms with Crippen molar-refractivity contribution in [2.45, 2.75) is 44.8 Å². The van der Waals surface area contributed by atoms with Gasteiger partial charge in [-0.1, -0.05) is 18.2 Å². The van der Waals surface area contributed by atoms with Gasteiger partial charge in [0.2, 0.25) is 0 Å². The summed E-state index contributed by atoms with van der Waals surface area (Å²) >= 11 is 0. The largest absolute Gasteiger partial charge is 0.459 e. The van der Waals surface area contributed by atoms with Gasteiger partial charge in [0.25, 0.3) is 0 Å². The first-order valence-electron chi connectivity index (χ1n) is 8.35. The Balaban J connectivity index is 1.69. The van der Waals surface area contributed by atoms with E-state index in [1.54, 1.807) is 0 Å². The molecule has 0 amide bonds. The molecular weight excluding hydrogens is 290 g/mol. The molecule has 0 saturated heterocycles. The Morgan fingerprint density at radius 2 is 2.17 bits per heavy atom. The van der Waals surface area contributed by atoms with Gasteiger partial charge in [0.15, 0.2) is 5.96 Å². The lowest BCUT2D eigenvalue weighted by atomic mass is 9.80. The molecule has 1 atom stereocenters. The summed E-state index contributed by atoms with van der Waals surface area (Å²) in [4.78, 5) is 4.53. The lowest BCUT2D eigenvalue weighted by Crippen LogP contribution is -2.43. The molecule has 1 aromatic heterocycles. The van der Waals surface area contributed by atoms with Crippen molar-refractivity contribution in [1.29, 1.82) is 0 Å². The molecule has 3 N–H and O–H groups in total. The zero-order valence-corrected chi connectivity index (χ0v) is 13.8. The van der Waals surface area contributed by atoms with Gasteiger partial charge in [-0.2, -0.15) is 0 Å². The molecule has 124 valence electrons. The molecule has 1 saturated carbocycles. The zero-order chi connectivity index (χ0) is 16.3. The fourth-order valence-electron chi connectivity index (χ4n) is 2.78. The highest BCUT2D eigenvalue weighted by atomic mass is 16.3. The molecule has 2 aromatic rings. The minimum Gasteiger partial charge on any atom is -0.459 e. The molecule has 5 nitrogen and oxygen atoms in total. The smallest absolute Gasteiger partial charge is 0.191 e. The normalized spacial score (nSPS) is 18.5. The second-order valence-corrected chi connectivity index (χ2v) is 6.33. The molecule has 0 spiro atoms. The topological polar surface area (TPSA) is 69.8 Å². The van der Waals surface area contributed by atoms with Crippen LogP contribution in [0.15, 0.2) is 39.7 Å². The summed E-state index contributed by atoms with van der Waals surface area (Å²) in [6, 6.07) is 10.0. The number of aliphatic imine (C=N–C) groups is 1. The lowest BCUT2D eigenvalue weighted by molar-refractivity contribution is -0.0236. The average molecular weight is 315 g/mol. The summed E-state index contributed by atoms with van der Waals surface area (Å²) < 4.78 is 5.89. The Labute approximate surface area is 136 Å². The van der Waals surface area contributed by atoms with Crippen molar-refractivity contribution in [3.05, 3.63) is 36.1 Å². The van der Waals surface area contributed by atoms with E-state index < -0.39 is 5.60 Å². The third-order valence-electron chi connectivity index (χ3n) is 4.38. The van der Waals surface area contributed by atoms with E-state index in [1.807, 2.05) is 38.1 Å². The number of benzene rings is 1. The highest BCUT2D eigenvalue weighted by Crippen LogP contribution is 2.31. The number of aliphatic hydroxyl groups is 1. The first-order valence-corrected chi connectivity index (χ1v) is 8.35. The number of furan rings is 1. The summed E-state index contributed by atoms with van der Waals surface area (Å²) in [6.07, 6.45) is 2.77. The van der Waals surface area contributed by atoms with Gasteiger partial charge in [0, 0.05) is 11.9 Å². The number of guanidine groups is 1. The zero-order valence-electron chi connectivity index (χ0n) is 13.8. The Morgan fingerprint density at radius 3 is 2.83 bits per heavy atom. The van der Waals surface area contributed by atoms with E-state index in [9.17, 15) is 5.11 Å². The highest BCUT2D eigenvalue weighted by molar-refractivity contribution is 5.81. The van der Waals surface area contributed by atoms with Crippen molar-refractivity contribution in [1.82, 2.24) is 10.6 Å². The summed E-state index contributed by atoms with van der Waals surface area (Å²) in [6.45, 7) is 5.29. The maximum absolute atomic E-state index is 10.2. The number of rotatable bonds is 5. The number of fused-ring (bicyclic) bond motifs is 1. The summed E-state index contributed by atoms with van der Waals surface area (Å²) in [5.74, 6) is 1.58. The highest BCUT2D eigenvalue weighted by Gasteiger charge is 2.34. The third-order valence-corrected chi connectivity index (χ3v) is 4.38. The number of hydrogen-bond acceptors (Lipinski definition) is 3. The number of nitrogens with zero attached hydrogens (tertiary/aromatic N) is 1. The molecule has 3 rings (SSSR count). The van der Waals surface area contributed by atoms with Crippen LogP contribution in [0, 0.1) is 0 Å². The van der Waals surface area contributed by atoms with Crippen LogP contribution in [-0.4, -0.2) is 29.8 Å². The van der Waals surface area contributed by atoms with Crippen LogP contribution in [0.2, 0.25) is 0 Å². The van der Waals surface area contributed by atoms with Gasteiger partial charge >= 0.3 is 0 Å². The van der Waals surface area contributed by atoms with Crippen LogP contribution in [0.3, 0.4) is 0 Å². The van der Waals surface area contributed by atoms with Crippen molar-refractivity contribution < 1.29 is 9.52 Å². The second kappa shape index (κ2) is 6.62. The minimum absolute atomic E-state index is 0.00349. The van der Waals surface area contributed by atoms with Crippen LogP contribution < -0.4 is 10.6 Å². The molecule has 23 heavy (non-hydrogen) atoms. The Hall–Kier alpha value is -2.01. The van der Waals surface area contributed by atoms with Crippen molar-refractivity contribution in [3.8, 4) is 0 Å². The van der Waals surface area contributed by atoms with Crippen LogP contribution in [0.4, 0.5) is 0 Å². The van der Waals surface area contributed by atoms with Crippen molar-refractivity contribution >= 4 is 16.9 Å². The second-order valence-electron chi connectivity index (χ2n) is 6.33. The predicted molar refractivity (Wildman–Crippen MR) is 92.5 cm³/mol. The maximum atomic E-state index is 10.2. The van der Waals surface area contributed by atoms with E-state index in [0.29, 0.717) is 12.5 Å². The monoisotopic (exact) mass is 315 g/mol. The maximum Gasteiger partial charge on any atom is 0.191 e. The van der Waals surface area contributed by atoms with Gasteiger partial charge in [-0.25, -0.2) is 0 Å². The molecule has 1 unspecified atom stereocenters. The average Bonchev–Trinajstić information content (AvgIpc) is 2.95. The molecule has 1 aliphatic rings. The predicted octanol–water partition coefficient (Wildman–Crippen LogP) is 2.96. The minimum atomic E-state index is -0.606. The molecule has 0 radical (unpaired) electrons. The molecule has 0 aliphatic heterocycles. The quantitative estimate of drug-likeness (QED) is 0.586. The SMILES string of the molecule is CCNC(=NCC1(O)CCC1)NC(C)c1cc2ccccc2o1. The molecule has 1 heterocycles. The van der Waals surface area contributed by atoms with Crippen molar-refractivity contribution in [2.75, 3.05) is 13.1 Å². The molecular formula is C18H25N3O2. The molecule has 5 heteroatoms. The Bertz CT molecular complexity index is 655. The van der Waals surface area contributed by atoms with Crippen LogP contribution in [-0.2, 0) is 0 Å². The van der Waals surface area contributed by atoms with E-state index in [2.05, 4.69) is 21.7 Å². The van der Waals surface area contributed by atoms with E-state index in [4.69, 9.17) is 4.42 Å². The number of nitrogens with one attached hydrogen (secondary N) is 2. The summed E-state index contributed by atoms with van der Waals surface area (Å²) in [5, 5.41) is 17.9. The van der Waals surface area contributed by atoms with Crippen molar-refractivity contribution in [3.63, 3.8) is 0 Å². The molecule has 1 aliphatic carbocycles. The number of hydrogen-bond donors (Lipinski definition) is 3. The fraction of sp³-hybridized carbons (Fsp3) is 0.500. The van der Waals surface area contributed by atoms with Gasteiger partial charge in [0.05, 0.1) is 18.2 Å². The standard InChI is InChI=1S/C18H25N3O2/c1-3-19-17(20-12-18(22)9-6-10-18)21-13(2)16-11-14-7-4-5-8-15(14)23-16/h4-5,7-8,11,13,22H,3,6,9-10,12H2,1-2H3,(H2,19,20,21). The van der Waals surface area contributed by atoms with Crippen LogP contribution in [0.25, 0.3) is 11.0 Å². The van der Waals surface area contributed by atoms with Gasteiger partial charge in [0.1, 0.15) is 11.3 Å². The Morgan fingerprint density at radius 1 is 1.39 bits per heavy atom. The van der Waals surface area contributed by atoms with E-state index in [0.717, 1.165) is 42.5 Å². The number of para-hydroxylation sites is 1. The van der Waals surface area contributed by atoms with E-state index >= 15 is 0 Å². The van der Waals surface area contributed by atoms with E-state index in [-0.39, 0.29) is 6.04 Å². The van der Waals surface area contributed by atoms with E-state index in [1.165, 1.54) is 0 Å². The van der Waals surface area contributed by atoms with Crippen LogP contribution >= 0.6 is 0 Å². The van der Waals surface area contributed by atoms with Crippen molar-refractivity contribution in [2.24, 2.45) is 4.99 Å². The summed E-state index contributed by atoms with van der Waals surface area (Å²) in [5.41, 5.74) is 0.284. The summed E-state index contributed by atoms with van der Waals surface area (Å²) in [7, 11) is 0. The van der Waals surface area contributed by atoms with Gasteiger partial charge < -0.3 is 20.2 Å². The first-order chi connectivity index (χ1) is 11.1. The molecule has 1 aromatic carbocycles. The first kappa shape index (κ1) is 15.9. The van der Waals surface area contributed by atoms with Crippen LogP contribution in [0.1, 0.15) is 44.9 Å². The van der Waals surface area contributed by atoms with Gasteiger partial charge in [-0.05, 0) is 45.2 Å². The van der Waals surface area contributed by atoms with Gasteiger partial charge in [-0.3, -0.25) is 4.99 Å².